The first-order chi connectivity index (χ1) is 20.0. The Morgan fingerprint density at radius 1 is 1.26 bits per heavy atom. The van der Waals surface area contributed by atoms with Gasteiger partial charge in [0.05, 0.1) is 17.1 Å². The van der Waals surface area contributed by atoms with Gasteiger partial charge in [-0.2, -0.15) is 8.78 Å². The van der Waals surface area contributed by atoms with Crippen molar-refractivity contribution in [1.82, 2.24) is 26.2 Å². The molecule has 0 radical (unpaired) electrons. The SMILES string of the molecule is CC(=O)NCCCN1CCC(N/C=C(/NC(=O)/C(C(=N)N)=C2\C=CC=CN2)C(=N)c2cc(Cl)ccc2OC(F)F)CC1. The molecule has 42 heavy (non-hydrogen) atoms. The van der Waals surface area contributed by atoms with Gasteiger partial charge in [0.15, 0.2) is 0 Å². The van der Waals surface area contributed by atoms with Crippen LogP contribution in [0.4, 0.5) is 8.78 Å². The van der Waals surface area contributed by atoms with Gasteiger partial charge in [0.2, 0.25) is 5.91 Å². The predicted octanol–water partition coefficient (Wildman–Crippen LogP) is 2.71. The van der Waals surface area contributed by atoms with E-state index in [4.69, 9.17) is 28.2 Å². The highest BCUT2D eigenvalue weighted by molar-refractivity contribution is 6.31. The Morgan fingerprint density at radius 3 is 2.62 bits per heavy atom. The second-order valence-corrected chi connectivity index (χ2v) is 10.0. The summed E-state index contributed by atoms with van der Waals surface area (Å²) in [5.41, 5.74) is 5.36. The number of amides is 2. The molecule has 0 saturated carbocycles. The maximum absolute atomic E-state index is 13.4. The van der Waals surface area contributed by atoms with Crippen molar-refractivity contribution in [3.05, 3.63) is 76.4 Å². The Morgan fingerprint density at radius 2 is 2.00 bits per heavy atom. The van der Waals surface area contributed by atoms with E-state index in [1.807, 2.05) is 0 Å². The van der Waals surface area contributed by atoms with Gasteiger partial charge in [0, 0.05) is 55.6 Å². The number of dihydropyridines is 1. The Labute approximate surface area is 247 Å². The normalized spacial score (nSPS) is 16.9. The third kappa shape index (κ3) is 9.70. The zero-order chi connectivity index (χ0) is 30.6. The molecular formula is C28H35ClF2N8O3. The van der Waals surface area contributed by atoms with E-state index < -0.39 is 18.4 Å². The number of rotatable bonds is 13. The molecule has 14 heteroatoms. The fraction of sp³-hybridized carbons (Fsp3) is 0.357. The molecule has 0 bridgehead atoms. The number of amidine groups is 1. The van der Waals surface area contributed by atoms with Crippen LogP contribution in [-0.4, -0.2) is 67.1 Å². The first-order valence-electron chi connectivity index (χ1n) is 13.3. The average molecular weight is 605 g/mol. The zero-order valence-corrected chi connectivity index (χ0v) is 23.9. The lowest BCUT2D eigenvalue weighted by Gasteiger charge is -2.32. The average Bonchev–Trinajstić information content (AvgIpc) is 2.94. The second-order valence-electron chi connectivity index (χ2n) is 9.59. The lowest BCUT2D eigenvalue weighted by Crippen LogP contribution is -2.42. The molecule has 1 fully saturated rings. The topological polar surface area (TPSA) is 168 Å². The lowest BCUT2D eigenvalue weighted by molar-refractivity contribution is -0.119. The fourth-order valence-corrected chi connectivity index (χ4v) is 4.60. The van der Waals surface area contributed by atoms with Crippen molar-refractivity contribution in [1.29, 1.82) is 10.8 Å². The molecule has 2 aliphatic rings. The molecule has 2 aliphatic heterocycles. The summed E-state index contributed by atoms with van der Waals surface area (Å²) >= 11 is 6.11. The summed E-state index contributed by atoms with van der Waals surface area (Å²) in [4.78, 5) is 26.7. The van der Waals surface area contributed by atoms with Gasteiger partial charge in [-0.05, 0) is 56.2 Å². The largest absolute Gasteiger partial charge is 0.434 e. The number of hydrogen-bond donors (Lipinski definition) is 7. The van der Waals surface area contributed by atoms with E-state index >= 15 is 0 Å². The summed E-state index contributed by atoms with van der Waals surface area (Å²) in [7, 11) is 0. The minimum absolute atomic E-state index is 0.00570. The Balaban J connectivity index is 1.82. The second kappa shape index (κ2) is 15.7. The summed E-state index contributed by atoms with van der Waals surface area (Å²) in [5.74, 6) is -1.64. The predicted molar refractivity (Wildman–Crippen MR) is 157 cm³/mol. The number of benzene rings is 1. The minimum Gasteiger partial charge on any atom is -0.434 e. The molecule has 226 valence electrons. The molecule has 0 spiro atoms. The van der Waals surface area contributed by atoms with E-state index in [1.165, 1.54) is 31.3 Å². The summed E-state index contributed by atoms with van der Waals surface area (Å²) < 4.78 is 30.9. The third-order valence-electron chi connectivity index (χ3n) is 6.50. The number of nitrogens with two attached hydrogens (primary N) is 1. The molecular weight excluding hydrogens is 570 g/mol. The third-order valence-corrected chi connectivity index (χ3v) is 6.73. The number of allylic oxidation sites excluding steroid dienone is 4. The summed E-state index contributed by atoms with van der Waals surface area (Å²) in [6.07, 6.45) is 10.3. The number of carbonyl (C=O) groups is 2. The van der Waals surface area contributed by atoms with E-state index in [9.17, 15) is 18.4 Å². The molecule has 3 rings (SSSR count). The van der Waals surface area contributed by atoms with Crippen LogP contribution in [0.2, 0.25) is 5.02 Å². The van der Waals surface area contributed by atoms with Crippen LogP contribution in [0.25, 0.3) is 0 Å². The van der Waals surface area contributed by atoms with E-state index in [0.29, 0.717) is 6.54 Å². The number of carbonyl (C=O) groups excluding carboxylic acids is 2. The molecule has 2 heterocycles. The van der Waals surface area contributed by atoms with Crippen molar-refractivity contribution in [3.8, 4) is 5.75 Å². The van der Waals surface area contributed by atoms with Crippen LogP contribution >= 0.6 is 11.6 Å². The Hall–Kier alpha value is -4.23. The summed E-state index contributed by atoms with van der Waals surface area (Å²) in [5, 5.41) is 28.5. The minimum atomic E-state index is -3.15. The van der Waals surface area contributed by atoms with Crippen LogP contribution in [0, 0.1) is 10.8 Å². The highest BCUT2D eigenvalue weighted by Crippen LogP contribution is 2.27. The van der Waals surface area contributed by atoms with Gasteiger partial charge in [-0.15, -0.1) is 0 Å². The molecule has 1 aromatic rings. The van der Waals surface area contributed by atoms with Crippen LogP contribution < -0.4 is 31.7 Å². The van der Waals surface area contributed by atoms with Gasteiger partial charge in [0.25, 0.3) is 5.91 Å². The number of likely N-dealkylation sites (tertiary alicyclic amines) is 1. The zero-order valence-electron chi connectivity index (χ0n) is 23.1. The molecule has 0 atom stereocenters. The number of hydrogen-bond acceptors (Lipinski definition) is 8. The number of nitrogens with one attached hydrogen (secondary N) is 6. The van der Waals surface area contributed by atoms with Crippen LogP contribution in [0.3, 0.4) is 0 Å². The molecule has 0 aliphatic carbocycles. The first kappa shape index (κ1) is 32.3. The van der Waals surface area contributed by atoms with Gasteiger partial charge in [0.1, 0.15) is 17.2 Å². The van der Waals surface area contributed by atoms with Crippen molar-refractivity contribution in [2.75, 3.05) is 26.2 Å². The number of alkyl halides is 2. The fourth-order valence-electron chi connectivity index (χ4n) is 4.43. The summed E-state index contributed by atoms with van der Waals surface area (Å²) in [6, 6.07) is 3.87. The lowest BCUT2D eigenvalue weighted by atomic mass is 10.0. The molecule has 11 nitrogen and oxygen atoms in total. The van der Waals surface area contributed by atoms with Crippen LogP contribution in [0.15, 0.2) is 65.8 Å². The van der Waals surface area contributed by atoms with Crippen LogP contribution in [0.1, 0.15) is 31.7 Å². The number of nitrogens with zero attached hydrogens (tertiary/aromatic N) is 1. The molecule has 2 amide bonds. The van der Waals surface area contributed by atoms with Crippen LogP contribution in [-0.2, 0) is 9.59 Å². The monoisotopic (exact) mass is 604 g/mol. The molecule has 0 aromatic heterocycles. The Kier molecular flexibility index (Phi) is 12.1. The van der Waals surface area contributed by atoms with Gasteiger partial charge in [-0.25, -0.2) is 0 Å². The van der Waals surface area contributed by atoms with Gasteiger partial charge < -0.3 is 36.6 Å². The Bertz CT molecular complexity index is 1300. The highest BCUT2D eigenvalue weighted by atomic mass is 35.5. The number of ether oxygens (including phenoxy) is 1. The first-order valence-corrected chi connectivity index (χ1v) is 13.7. The van der Waals surface area contributed by atoms with E-state index in [0.717, 1.165) is 38.9 Å². The molecule has 1 saturated heterocycles. The van der Waals surface area contributed by atoms with Crippen molar-refractivity contribution in [3.63, 3.8) is 0 Å². The highest BCUT2D eigenvalue weighted by Gasteiger charge is 2.24. The maximum atomic E-state index is 13.4. The number of halogens is 3. The summed E-state index contributed by atoms with van der Waals surface area (Å²) in [6.45, 7) is 1.40. The van der Waals surface area contributed by atoms with Crippen LogP contribution in [0.5, 0.6) is 5.75 Å². The smallest absolute Gasteiger partial charge is 0.387 e. The van der Waals surface area contributed by atoms with E-state index in [1.54, 1.807) is 24.4 Å². The van der Waals surface area contributed by atoms with Crippen molar-refractivity contribution >= 4 is 35.0 Å². The molecule has 8 N–H and O–H groups in total. The van der Waals surface area contributed by atoms with E-state index in [2.05, 4.69) is 30.9 Å². The van der Waals surface area contributed by atoms with Gasteiger partial charge in [-0.3, -0.25) is 20.4 Å². The maximum Gasteiger partial charge on any atom is 0.387 e. The van der Waals surface area contributed by atoms with Crippen molar-refractivity contribution in [2.24, 2.45) is 5.73 Å². The standard InChI is InChI=1S/C28H35ClF2N8O3/c1-17(40)35-11-4-12-39-13-8-19(9-14-39)37-16-22(25(32)20-15-18(29)6-7-23(20)42-28(30)31)38-27(41)24(26(33)34)21-5-2-3-10-36-21/h2-3,5-7,10,15-16,19,28,32,36-37H,4,8-9,11-14H2,1H3,(H3,33,34)(H,35,40)(H,38,41)/b22-16+,24-21+,32-25?. The quantitative estimate of drug-likeness (QED) is 0.0786. The van der Waals surface area contributed by atoms with E-state index in [-0.39, 0.29) is 51.0 Å². The van der Waals surface area contributed by atoms with Crippen molar-refractivity contribution < 1.29 is 23.1 Å². The number of piperidine rings is 1. The molecule has 0 unspecified atom stereocenters. The molecule has 1 aromatic carbocycles. The van der Waals surface area contributed by atoms with Crippen molar-refractivity contribution in [2.45, 2.75) is 38.8 Å². The van der Waals surface area contributed by atoms with Gasteiger partial charge >= 0.3 is 6.61 Å². The van der Waals surface area contributed by atoms with Gasteiger partial charge in [-0.1, -0.05) is 17.7 Å².